The Kier molecular flexibility index (Phi) is 6.85. The van der Waals surface area contributed by atoms with Gasteiger partial charge in [0.1, 0.15) is 5.82 Å². The number of amides is 1. The second kappa shape index (κ2) is 9.82. The van der Waals surface area contributed by atoms with Gasteiger partial charge in [-0.3, -0.25) is 9.69 Å². The second-order valence-electron chi connectivity index (χ2n) is 8.16. The van der Waals surface area contributed by atoms with Gasteiger partial charge in [0, 0.05) is 24.0 Å². The Bertz CT molecular complexity index is 1180. The number of nitrogens with zero attached hydrogens (tertiary/aromatic N) is 2. The summed E-state index contributed by atoms with van der Waals surface area (Å²) in [7, 11) is 0. The van der Waals surface area contributed by atoms with E-state index in [1.165, 1.54) is 17.2 Å². The molecule has 6 nitrogen and oxygen atoms in total. The molecular formula is C25H24F3N3O3. The van der Waals surface area contributed by atoms with Crippen molar-refractivity contribution in [1.82, 2.24) is 4.98 Å². The van der Waals surface area contributed by atoms with Crippen molar-refractivity contribution in [3.8, 4) is 0 Å². The van der Waals surface area contributed by atoms with Gasteiger partial charge in [0.15, 0.2) is 0 Å². The highest BCUT2D eigenvalue weighted by atomic mass is 19.4. The fourth-order valence-electron chi connectivity index (χ4n) is 4.05. The summed E-state index contributed by atoms with van der Waals surface area (Å²) in [6, 6.07) is 13.7. The van der Waals surface area contributed by atoms with E-state index < -0.39 is 24.5 Å². The van der Waals surface area contributed by atoms with E-state index in [2.05, 4.69) is 10.3 Å². The number of benzene rings is 2. The number of rotatable bonds is 7. The van der Waals surface area contributed by atoms with Crippen LogP contribution in [0.5, 0.6) is 0 Å². The third-order valence-electron chi connectivity index (χ3n) is 5.70. The van der Waals surface area contributed by atoms with Gasteiger partial charge in [-0.1, -0.05) is 24.3 Å². The van der Waals surface area contributed by atoms with E-state index >= 15 is 0 Å². The van der Waals surface area contributed by atoms with E-state index in [4.69, 9.17) is 0 Å². The van der Waals surface area contributed by atoms with E-state index in [-0.39, 0.29) is 24.7 Å². The molecule has 0 saturated carbocycles. The Morgan fingerprint density at radius 3 is 2.65 bits per heavy atom. The van der Waals surface area contributed by atoms with Crippen molar-refractivity contribution in [3.63, 3.8) is 0 Å². The summed E-state index contributed by atoms with van der Waals surface area (Å²) in [5.41, 5.74) is 2.61. The number of carbonyl (C=O) groups excluding carboxylic acids is 1. The fourth-order valence-corrected chi connectivity index (χ4v) is 4.05. The standard InChI is InChI=1S/C25H24F3N3O3/c26-25(27,28)18-4-1-3-16(12-18)11-17-7-9-30-23(13-17)31(14-19(33)15-32)24(34)21-5-2-6-22-20(21)8-10-29-22/h1-7,9,12-13,19,29,32-33H,8,10-11,14-15H2/t19-/m1/s1. The highest BCUT2D eigenvalue weighted by Gasteiger charge is 2.30. The predicted octanol–water partition coefficient (Wildman–Crippen LogP) is 3.66. The van der Waals surface area contributed by atoms with Gasteiger partial charge in [-0.15, -0.1) is 0 Å². The Hall–Kier alpha value is -3.43. The van der Waals surface area contributed by atoms with Crippen molar-refractivity contribution < 1.29 is 28.2 Å². The third-order valence-corrected chi connectivity index (χ3v) is 5.70. The maximum Gasteiger partial charge on any atom is 0.416 e. The van der Waals surface area contributed by atoms with Gasteiger partial charge >= 0.3 is 6.18 Å². The molecule has 1 aromatic heterocycles. The number of halogens is 3. The van der Waals surface area contributed by atoms with Crippen LogP contribution in [0.3, 0.4) is 0 Å². The zero-order valence-corrected chi connectivity index (χ0v) is 18.2. The number of carbonyl (C=O) groups is 1. The lowest BCUT2D eigenvalue weighted by molar-refractivity contribution is -0.137. The molecule has 1 aliphatic heterocycles. The van der Waals surface area contributed by atoms with Crippen LogP contribution in [0.25, 0.3) is 0 Å². The molecule has 0 fully saturated rings. The first kappa shape index (κ1) is 23.7. The van der Waals surface area contributed by atoms with Crippen LogP contribution in [0.4, 0.5) is 24.7 Å². The highest BCUT2D eigenvalue weighted by Crippen LogP contribution is 2.31. The van der Waals surface area contributed by atoms with E-state index in [9.17, 15) is 28.2 Å². The Balaban J connectivity index is 1.65. The Morgan fingerprint density at radius 1 is 1.12 bits per heavy atom. The number of aliphatic hydroxyl groups excluding tert-OH is 2. The van der Waals surface area contributed by atoms with Crippen molar-refractivity contribution in [3.05, 3.63) is 88.6 Å². The molecule has 2 heterocycles. The number of hydrogen-bond acceptors (Lipinski definition) is 5. The average Bonchev–Trinajstić information content (AvgIpc) is 3.31. The molecule has 1 amide bonds. The molecule has 4 rings (SSSR count). The normalized spacial score (nSPS) is 13.8. The van der Waals surface area contributed by atoms with Crippen molar-refractivity contribution in [2.75, 3.05) is 29.9 Å². The Labute approximate surface area is 194 Å². The molecule has 9 heteroatoms. The molecule has 34 heavy (non-hydrogen) atoms. The summed E-state index contributed by atoms with van der Waals surface area (Å²) in [5, 5.41) is 22.7. The molecular weight excluding hydrogens is 447 g/mol. The van der Waals surface area contributed by atoms with Gasteiger partial charge in [-0.25, -0.2) is 4.98 Å². The zero-order chi connectivity index (χ0) is 24.3. The van der Waals surface area contributed by atoms with Crippen molar-refractivity contribution in [2.45, 2.75) is 25.1 Å². The first-order chi connectivity index (χ1) is 16.3. The molecule has 3 aromatic rings. The fraction of sp³-hybridized carbons (Fsp3) is 0.280. The van der Waals surface area contributed by atoms with Gasteiger partial charge in [0.25, 0.3) is 5.91 Å². The SMILES string of the molecule is O=C(c1cccc2c1CCN2)N(C[C@@H](O)CO)c1cc(Cc2cccc(C(F)(F)F)c2)ccn1. The number of aliphatic hydroxyl groups is 2. The Morgan fingerprint density at radius 2 is 1.88 bits per heavy atom. The lowest BCUT2D eigenvalue weighted by Crippen LogP contribution is -2.40. The minimum absolute atomic E-state index is 0.188. The highest BCUT2D eigenvalue weighted by molar-refractivity contribution is 6.07. The van der Waals surface area contributed by atoms with Gasteiger partial charge in [-0.2, -0.15) is 13.2 Å². The van der Waals surface area contributed by atoms with E-state index in [0.29, 0.717) is 29.7 Å². The lowest BCUT2D eigenvalue weighted by atomic mass is 10.0. The third kappa shape index (κ3) is 5.21. The van der Waals surface area contributed by atoms with Crippen LogP contribution < -0.4 is 10.2 Å². The number of hydrogen-bond donors (Lipinski definition) is 3. The van der Waals surface area contributed by atoms with Crippen LogP contribution in [-0.4, -0.2) is 46.9 Å². The number of anilines is 2. The molecule has 1 atom stereocenters. The van der Waals surface area contributed by atoms with Crippen LogP contribution in [0, 0.1) is 0 Å². The van der Waals surface area contributed by atoms with Crippen LogP contribution >= 0.6 is 0 Å². The number of pyridine rings is 1. The first-order valence-electron chi connectivity index (χ1n) is 10.8. The van der Waals surface area contributed by atoms with Gasteiger partial charge < -0.3 is 15.5 Å². The van der Waals surface area contributed by atoms with Crippen molar-refractivity contribution in [1.29, 1.82) is 0 Å². The van der Waals surface area contributed by atoms with Gasteiger partial charge in [0.2, 0.25) is 0 Å². The summed E-state index contributed by atoms with van der Waals surface area (Å²) in [6.07, 6.45) is -3.27. The molecule has 0 bridgehead atoms. The molecule has 178 valence electrons. The van der Waals surface area contributed by atoms with Gasteiger partial charge in [-0.05, 0) is 59.9 Å². The maximum atomic E-state index is 13.5. The summed E-state index contributed by atoms with van der Waals surface area (Å²) in [5.74, 6) is -0.137. The summed E-state index contributed by atoms with van der Waals surface area (Å²) in [6.45, 7) is -0.0157. The van der Waals surface area contributed by atoms with Gasteiger partial charge in [0.05, 0.1) is 24.8 Å². The number of fused-ring (bicyclic) bond motifs is 1. The summed E-state index contributed by atoms with van der Waals surface area (Å²) >= 11 is 0. The molecule has 0 unspecified atom stereocenters. The molecule has 1 aliphatic rings. The number of nitrogens with one attached hydrogen (secondary N) is 1. The molecule has 3 N–H and O–H groups in total. The van der Waals surface area contributed by atoms with Crippen LogP contribution in [0.2, 0.25) is 0 Å². The second-order valence-corrected chi connectivity index (χ2v) is 8.16. The molecule has 0 aliphatic carbocycles. The van der Waals surface area contributed by atoms with Crippen molar-refractivity contribution in [2.24, 2.45) is 0 Å². The number of aromatic nitrogens is 1. The monoisotopic (exact) mass is 471 g/mol. The van der Waals surface area contributed by atoms with E-state index in [1.54, 1.807) is 30.3 Å². The average molecular weight is 471 g/mol. The summed E-state index contributed by atoms with van der Waals surface area (Å²) < 4.78 is 39.2. The molecule has 0 radical (unpaired) electrons. The largest absolute Gasteiger partial charge is 0.416 e. The number of alkyl halides is 3. The first-order valence-corrected chi connectivity index (χ1v) is 10.8. The van der Waals surface area contributed by atoms with Crippen molar-refractivity contribution >= 4 is 17.4 Å². The molecule has 0 saturated heterocycles. The van der Waals surface area contributed by atoms with E-state index in [0.717, 1.165) is 23.4 Å². The van der Waals surface area contributed by atoms with Crippen LogP contribution in [0.15, 0.2) is 60.8 Å². The minimum Gasteiger partial charge on any atom is -0.394 e. The smallest absolute Gasteiger partial charge is 0.394 e. The summed E-state index contributed by atoms with van der Waals surface area (Å²) in [4.78, 5) is 19.1. The lowest BCUT2D eigenvalue weighted by Gasteiger charge is -2.25. The quantitative estimate of drug-likeness (QED) is 0.490. The predicted molar refractivity (Wildman–Crippen MR) is 122 cm³/mol. The van der Waals surface area contributed by atoms with E-state index in [1.807, 2.05) is 6.07 Å². The van der Waals surface area contributed by atoms with Crippen LogP contribution in [-0.2, 0) is 19.0 Å². The molecule has 2 aromatic carbocycles. The maximum absolute atomic E-state index is 13.5. The molecule has 0 spiro atoms. The topological polar surface area (TPSA) is 85.7 Å². The van der Waals surface area contributed by atoms with Crippen LogP contribution in [0.1, 0.15) is 32.6 Å². The zero-order valence-electron chi connectivity index (χ0n) is 18.2. The minimum atomic E-state index is -4.44.